The second-order valence-electron chi connectivity index (χ2n) is 1.77. The Labute approximate surface area is 72.3 Å². The van der Waals surface area contributed by atoms with Crippen molar-refractivity contribution >= 4 is 5.97 Å². The molecule has 0 radical (unpaired) electrons. The van der Waals surface area contributed by atoms with Crippen molar-refractivity contribution < 1.29 is 9.53 Å². The normalized spacial score (nSPS) is 6.33. The summed E-state index contributed by atoms with van der Waals surface area (Å²) in [5.74, 6) is 11.8. The SMILES string of the molecule is C#CC#CC#CCCC(=O)OC. The number of methoxy groups -OCH3 is 1. The zero-order valence-electron chi connectivity index (χ0n) is 6.81. The fourth-order valence-electron chi connectivity index (χ4n) is 0.441. The molecular weight excluding hydrogens is 152 g/mol. The predicted octanol–water partition coefficient (Wildman–Crippen LogP) is 0.580. The molecule has 0 amide bonds. The molecule has 2 nitrogen and oxygen atoms in total. The van der Waals surface area contributed by atoms with E-state index >= 15 is 0 Å². The summed E-state index contributed by atoms with van der Waals surface area (Å²) < 4.78 is 4.40. The highest BCUT2D eigenvalue weighted by Crippen LogP contribution is 1.88. The molecule has 0 rings (SSSR count). The largest absolute Gasteiger partial charge is 0.469 e. The van der Waals surface area contributed by atoms with Gasteiger partial charge in [0.05, 0.1) is 13.5 Å². The van der Waals surface area contributed by atoms with Crippen molar-refractivity contribution in [2.75, 3.05) is 7.11 Å². The van der Waals surface area contributed by atoms with E-state index in [9.17, 15) is 4.79 Å². The summed E-state index contributed by atoms with van der Waals surface area (Å²) >= 11 is 0. The lowest BCUT2D eigenvalue weighted by atomic mass is 10.3. The van der Waals surface area contributed by atoms with Gasteiger partial charge in [0.25, 0.3) is 0 Å². The summed E-state index contributed by atoms with van der Waals surface area (Å²) in [6.45, 7) is 0. The van der Waals surface area contributed by atoms with Crippen LogP contribution in [0.2, 0.25) is 0 Å². The second-order valence-corrected chi connectivity index (χ2v) is 1.77. The van der Waals surface area contributed by atoms with E-state index in [-0.39, 0.29) is 5.97 Å². The van der Waals surface area contributed by atoms with E-state index in [0.29, 0.717) is 12.8 Å². The van der Waals surface area contributed by atoms with Gasteiger partial charge in [-0.25, -0.2) is 0 Å². The number of rotatable bonds is 2. The summed E-state index contributed by atoms with van der Waals surface area (Å²) in [5, 5.41) is 0. The van der Waals surface area contributed by atoms with Crippen LogP contribution < -0.4 is 0 Å². The predicted molar refractivity (Wildman–Crippen MR) is 45.6 cm³/mol. The molecule has 0 saturated carbocycles. The molecule has 0 spiro atoms. The zero-order chi connectivity index (χ0) is 9.23. The molecular formula is C10H8O2. The summed E-state index contributed by atoms with van der Waals surface area (Å²) in [4.78, 5) is 10.5. The van der Waals surface area contributed by atoms with Crippen LogP contribution in [0.4, 0.5) is 0 Å². The number of ether oxygens (including phenoxy) is 1. The number of carbonyl (C=O) groups excluding carboxylic acids is 1. The minimum Gasteiger partial charge on any atom is -0.469 e. The quantitative estimate of drug-likeness (QED) is 0.436. The minimum absolute atomic E-state index is 0.269. The van der Waals surface area contributed by atoms with Gasteiger partial charge in [0, 0.05) is 6.42 Å². The van der Waals surface area contributed by atoms with Gasteiger partial charge in [-0.3, -0.25) is 4.79 Å². The van der Waals surface area contributed by atoms with E-state index in [1.807, 2.05) is 0 Å². The fourth-order valence-corrected chi connectivity index (χ4v) is 0.441. The van der Waals surface area contributed by atoms with Crippen LogP contribution in [0.1, 0.15) is 12.8 Å². The van der Waals surface area contributed by atoms with Gasteiger partial charge in [0.1, 0.15) is 0 Å². The van der Waals surface area contributed by atoms with Gasteiger partial charge in [0.15, 0.2) is 0 Å². The monoisotopic (exact) mass is 160 g/mol. The smallest absolute Gasteiger partial charge is 0.306 e. The Kier molecular flexibility index (Phi) is 6.14. The van der Waals surface area contributed by atoms with E-state index in [4.69, 9.17) is 6.42 Å². The molecule has 0 aromatic heterocycles. The van der Waals surface area contributed by atoms with Crippen molar-refractivity contribution in [2.45, 2.75) is 12.8 Å². The summed E-state index contributed by atoms with van der Waals surface area (Å²) in [6, 6.07) is 0. The molecule has 0 aromatic carbocycles. The molecule has 2 heteroatoms. The first-order valence-corrected chi connectivity index (χ1v) is 3.31. The third-order valence-electron chi connectivity index (χ3n) is 0.967. The highest BCUT2D eigenvalue weighted by Gasteiger charge is 1.94. The maximum atomic E-state index is 10.5. The number of esters is 1. The first-order valence-electron chi connectivity index (χ1n) is 3.31. The van der Waals surface area contributed by atoms with Crippen molar-refractivity contribution in [3.63, 3.8) is 0 Å². The molecule has 0 heterocycles. The Bertz CT molecular complexity index is 299. The van der Waals surface area contributed by atoms with Crippen molar-refractivity contribution in [1.29, 1.82) is 0 Å². The highest BCUT2D eigenvalue weighted by atomic mass is 16.5. The van der Waals surface area contributed by atoms with Crippen LogP contribution in [0.15, 0.2) is 0 Å². The Balaban J connectivity index is 3.61. The third-order valence-corrected chi connectivity index (χ3v) is 0.967. The van der Waals surface area contributed by atoms with Gasteiger partial charge < -0.3 is 4.74 Å². The average Bonchev–Trinajstić information content (AvgIpc) is 2.10. The van der Waals surface area contributed by atoms with Crippen LogP contribution in [0, 0.1) is 36.0 Å². The lowest BCUT2D eigenvalue weighted by molar-refractivity contribution is -0.140. The molecule has 0 N–H and O–H groups in total. The Morgan fingerprint density at radius 1 is 1.42 bits per heavy atom. The van der Waals surface area contributed by atoms with Crippen molar-refractivity contribution in [3.8, 4) is 36.0 Å². The van der Waals surface area contributed by atoms with Gasteiger partial charge in [-0.15, -0.1) is 6.42 Å². The minimum atomic E-state index is -0.269. The lowest BCUT2D eigenvalue weighted by Gasteiger charge is -1.91. The Morgan fingerprint density at radius 2 is 2.17 bits per heavy atom. The number of carbonyl (C=O) groups is 1. The van der Waals surface area contributed by atoms with E-state index in [1.165, 1.54) is 7.11 Å². The molecule has 0 atom stereocenters. The lowest BCUT2D eigenvalue weighted by Crippen LogP contribution is -1.97. The number of terminal acetylenes is 1. The molecule has 0 aliphatic carbocycles. The molecule has 0 saturated heterocycles. The van der Waals surface area contributed by atoms with Gasteiger partial charge in [-0.2, -0.15) is 0 Å². The van der Waals surface area contributed by atoms with Crippen LogP contribution in [0.5, 0.6) is 0 Å². The second kappa shape index (κ2) is 7.26. The number of hydrogen-bond donors (Lipinski definition) is 0. The fraction of sp³-hybridized carbons (Fsp3) is 0.300. The standard InChI is InChI=1S/C10H8O2/c1-3-4-5-6-7-8-9-10(11)12-2/h1H,8-9H2,2H3. The maximum Gasteiger partial charge on any atom is 0.306 e. The van der Waals surface area contributed by atoms with Crippen LogP contribution in [0.3, 0.4) is 0 Å². The molecule has 0 fully saturated rings. The summed E-state index contributed by atoms with van der Waals surface area (Å²) in [6.07, 6.45) is 5.59. The number of hydrogen-bond acceptors (Lipinski definition) is 2. The van der Waals surface area contributed by atoms with Crippen molar-refractivity contribution in [1.82, 2.24) is 0 Å². The first-order chi connectivity index (χ1) is 5.81. The molecule has 0 aromatic rings. The first kappa shape index (κ1) is 10.2. The van der Waals surface area contributed by atoms with E-state index in [2.05, 4.69) is 34.3 Å². The average molecular weight is 160 g/mol. The summed E-state index contributed by atoms with van der Waals surface area (Å²) in [7, 11) is 1.34. The molecule has 0 aliphatic heterocycles. The molecule has 60 valence electrons. The van der Waals surface area contributed by atoms with Crippen LogP contribution in [-0.2, 0) is 9.53 Å². The van der Waals surface area contributed by atoms with Crippen molar-refractivity contribution in [2.24, 2.45) is 0 Å². The maximum absolute atomic E-state index is 10.5. The topological polar surface area (TPSA) is 26.3 Å². The van der Waals surface area contributed by atoms with Gasteiger partial charge in [-0.05, 0) is 23.7 Å². The highest BCUT2D eigenvalue weighted by molar-refractivity contribution is 5.69. The van der Waals surface area contributed by atoms with Crippen LogP contribution >= 0.6 is 0 Å². The molecule has 0 unspecified atom stereocenters. The summed E-state index contributed by atoms with van der Waals surface area (Å²) in [5.41, 5.74) is 0. The van der Waals surface area contributed by atoms with Crippen LogP contribution in [0.25, 0.3) is 0 Å². The van der Waals surface area contributed by atoms with E-state index < -0.39 is 0 Å². The van der Waals surface area contributed by atoms with E-state index in [0.717, 1.165) is 0 Å². The van der Waals surface area contributed by atoms with Gasteiger partial charge in [0.2, 0.25) is 0 Å². The van der Waals surface area contributed by atoms with Crippen LogP contribution in [-0.4, -0.2) is 13.1 Å². The molecule has 12 heavy (non-hydrogen) atoms. The van der Waals surface area contributed by atoms with Gasteiger partial charge in [-0.1, -0.05) is 5.92 Å². The molecule has 0 bridgehead atoms. The zero-order valence-corrected chi connectivity index (χ0v) is 6.81. The third kappa shape index (κ3) is 6.27. The van der Waals surface area contributed by atoms with Gasteiger partial charge >= 0.3 is 5.97 Å². The Morgan fingerprint density at radius 3 is 2.75 bits per heavy atom. The molecule has 0 aliphatic rings. The van der Waals surface area contributed by atoms with Crippen molar-refractivity contribution in [3.05, 3.63) is 0 Å². The Hall–Kier alpha value is -1.85. The van der Waals surface area contributed by atoms with E-state index in [1.54, 1.807) is 0 Å².